The summed E-state index contributed by atoms with van der Waals surface area (Å²) in [5.41, 5.74) is 0.938. The van der Waals surface area contributed by atoms with E-state index in [1.165, 1.54) is 0 Å². The zero-order chi connectivity index (χ0) is 13.1. The van der Waals surface area contributed by atoms with Crippen molar-refractivity contribution in [3.63, 3.8) is 0 Å². The lowest BCUT2D eigenvalue weighted by Gasteiger charge is -2.19. The third-order valence-electron chi connectivity index (χ3n) is 2.02. The number of terminal acetylenes is 1. The van der Waals surface area contributed by atoms with Crippen molar-refractivity contribution >= 4 is 6.09 Å². The van der Waals surface area contributed by atoms with Gasteiger partial charge in [0.15, 0.2) is 0 Å². The molecule has 0 aromatic carbocycles. The van der Waals surface area contributed by atoms with Crippen molar-refractivity contribution in [3.05, 3.63) is 17.5 Å². The second-order valence-electron chi connectivity index (χ2n) is 4.63. The largest absolute Gasteiger partial charge is 0.444 e. The van der Waals surface area contributed by atoms with Crippen LogP contribution in [0.15, 0.2) is 6.20 Å². The molecule has 0 fully saturated rings. The number of alkyl carbamates (subject to hydrolysis) is 1. The van der Waals surface area contributed by atoms with Gasteiger partial charge in [-0.2, -0.15) is 5.10 Å². The van der Waals surface area contributed by atoms with Gasteiger partial charge in [0.2, 0.25) is 0 Å². The van der Waals surface area contributed by atoms with Crippen LogP contribution in [0.2, 0.25) is 0 Å². The molecular weight excluding hydrogens is 218 g/mol. The maximum Gasteiger partial charge on any atom is 0.407 e. The van der Waals surface area contributed by atoms with E-state index in [0.29, 0.717) is 12.1 Å². The number of nitrogens with zero attached hydrogens (tertiary/aromatic N) is 2. The molecule has 5 heteroatoms. The van der Waals surface area contributed by atoms with Crippen molar-refractivity contribution in [2.75, 3.05) is 0 Å². The first kappa shape index (κ1) is 13.1. The van der Waals surface area contributed by atoms with E-state index in [1.807, 2.05) is 20.8 Å². The topological polar surface area (TPSA) is 56.2 Å². The normalized spacial score (nSPS) is 10.8. The molecule has 0 aliphatic heterocycles. The third-order valence-corrected chi connectivity index (χ3v) is 2.02. The van der Waals surface area contributed by atoms with Crippen LogP contribution in [-0.2, 0) is 18.3 Å². The Hall–Kier alpha value is -1.96. The fourth-order valence-corrected chi connectivity index (χ4v) is 1.26. The van der Waals surface area contributed by atoms with Crippen LogP contribution < -0.4 is 5.32 Å². The van der Waals surface area contributed by atoms with Gasteiger partial charge in [0.25, 0.3) is 0 Å². The molecule has 1 N–H and O–H groups in total. The summed E-state index contributed by atoms with van der Waals surface area (Å²) in [7, 11) is 1.77. The Labute approximate surface area is 101 Å². The standard InChI is InChI=1S/C12H17N3O2/c1-6-9-7-14-15(5)10(9)8-13-11(16)17-12(2,3)4/h1,7H,8H2,2-5H3,(H,13,16). The van der Waals surface area contributed by atoms with Gasteiger partial charge >= 0.3 is 6.09 Å². The molecule has 0 aliphatic rings. The van der Waals surface area contributed by atoms with Crippen molar-refractivity contribution < 1.29 is 9.53 Å². The van der Waals surface area contributed by atoms with Crippen molar-refractivity contribution in [2.24, 2.45) is 7.05 Å². The summed E-state index contributed by atoms with van der Waals surface area (Å²) < 4.78 is 6.75. The summed E-state index contributed by atoms with van der Waals surface area (Å²) in [6.07, 6.45) is 6.44. The van der Waals surface area contributed by atoms with Crippen LogP contribution in [0.3, 0.4) is 0 Å². The molecular formula is C12H17N3O2. The Bertz CT molecular complexity index is 449. The Morgan fingerprint density at radius 2 is 2.29 bits per heavy atom. The lowest BCUT2D eigenvalue weighted by Crippen LogP contribution is -2.32. The molecule has 17 heavy (non-hydrogen) atoms. The number of nitrogens with one attached hydrogen (secondary N) is 1. The van der Waals surface area contributed by atoms with Crippen LogP contribution in [0.25, 0.3) is 0 Å². The number of ether oxygens (including phenoxy) is 1. The fourth-order valence-electron chi connectivity index (χ4n) is 1.26. The van der Waals surface area contributed by atoms with Crippen LogP contribution in [0.1, 0.15) is 32.0 Å². The van der Waals surface area contributed by atoms with E-state index in [0.717, 1.165) is 5.69 Å². The number of hydrogen-bond acceptors (Lipinski definition) is 3. The molecule has 0 saturated carbocycles. The van der Waals surface area contributed by atoms with E-state index in [4.69, 9.17) is 11.2 Å². The Morgan fingerprint density at radius 1 is 1.65 bits per heavy atom. The molecule has 0 saturated heterocycles. The summed E-state index contributed by atoms with van der Waals surface area (Å²) in [5, 5.41) is 6.66. The highest BCUT2D eigenvalue weighted by Crippen LogP contribution is 2.08. The fraction of sp³-hybridized carbons (Fsp3) is 0.500. The number of carbonyl (C=O) groups excluding carboxylic acids is 1. The van der Waals surface area contributed by atoms with E-state index in [2.05, 4.69) is 16.3 Å². The van der Waals surface area contributed by atoms with E-state index in [9.17, 15) is 4.79 Å². The minimum atomic E-state index is -0.508. The predicted octanol–water partition coefficient (Wildman–Crippen LogP) is 1.43. The summed E-state index contributed by atoms with van der Waals surface area (Å²) >= 11 is 0. The Kier molecular flexibility index (Phi) is 3.79. The number of rotatable bonds is 2. The van der Waals surface area contributed by atoms with Gasteiger partial charge in [-0.1, -0.05) is 5.92 Å². The van der Waals surface area contributed by atoms with E-state index >= 15 is 0 Å². The van der Waals surface area contributed by atoms with Crippen LogP contribution in [0, 0.1) is 12.3 Å². The number of carbonyl (C=O) groups is 1. The summed E-state index contributed by atoms with van der Waals surface area (Å²) in [5.74, 6) is 2.51. The maximum atomic E-state index is 11.5. The van der Waals surface area contributed by atoms with Gasteiger partial charge in [-0.05, 0) is 20.8 Å². The lowest BCUT2D eigenvalue weighted by molar-refractivity contribution is 0.0522. The minimum absolute atomic E-state index is 0.297. The molecule has 0 atom stereocenters. The van der Waals surface area contributed by atoms with Crippen LogP contribution in [-0.4, -0.2) is 21.5 Å². The smallest absolute Gasteiger partial charge is 0.407 e. The third kappa shape index (κ3) is 3.83. The predicted molar refractivity (Wildman–Crippen MR) is 64.2 cm³/mol. The quantitative estimate of drug-likeness (QED) is 0.789. The molecule has 0 spiro atoms. The molecule has 1 aromatic rings. The first-order valence-electron chi connectivity index (χ1n) is 5.28. The minimum Gasteiger partial charge on any atom is -0.444 e. The van der Waals surface area contributed by atoms with Gasteiger partial charge in [0.05, 0.1) is 24.0 Å². The molecule has 1 heterocycles. The maximum absolute atomic E-state index is 11.5. The van der Waals surface area contributed by atoms with Gasteiger partial charge in [-0.25, -0.2) is 4.79 Å². The van der Waals surface area contributed by atoms with Gasteiger partial charge in [0, 0.05) is 7.05 Å². The number of amides is 1. The van der Waals surface area contributed by atoms with Gasteiger partial charge in [0.1, 0.15) is 5.60 Å². The average Bonchev–Trinajstić information content (AvgIpc) is 2.53. The van der Waals surface area contributed by atoms with E-state index in [-0.39, 0.29) is 0 Å². The average molecular weight is 235 g/mol. The van der Waals surface area contributed by atoms with Gasteiger partial charge in [-0.3, -0.25) is 4.68 Å². The molecule has 1 rings (SSSR count). The monoisotopic (exact) mass is 235 g/mol. The second-order valence-corrected chi connectivity index (χ2v) is 4.63. The molecule has 1 aromatic heterocycles. The van der Waals surface area contributed by atoms with Gasteiger partial charge in [-0.15, -0.1) is 6.42 Å². The highest BCUT2D eigenvalue weighted by Gasteiger charge is 2.16. The van der Waals surface area contributed by atoms with Crippen LogP contribution >= 0.6 is 0 Å². The zero-order valence-corrected chi connectivity index (χ0v) is 10.6. The summed E-state index contributed by atoms with van der Waals surface area (Å²) in [6, 6.07) is 0. The molecule has 92 valence electrons. The zero-order valence-electron chi connectivity index (χ0n) is 10.6. The lowest BCUT2D eigenvalue weighted by atomic mass is 10.2. The summed E-state index contributed by atoms with van der Waals surface area (Å²) in [4.78, 5) is 11.5. The van der Waals surface area contributed by atoms with Crippen LogP contribution in [0.4, 0.5) is 4.79 Å². The van der Waals surface area contributed by atoms with Crippen LogP contribution in [0.5, 0.6) is 0 Å². The van der Waals surface area contributed by atoms with E-state index in [1.54, 1.807) is 17.9 Å². The number of aromatic nitrogens is 2. The molecule has 0 aliphatic carbocycles. The second kappa shape index (κ2) is 4.91. The highest BCUT2D eigenvalue weighted by molar-refractivity contribution is 5.67. The highest BCUT2D eigenvalue weighted by atomic mass is 16.6. The molecule has 5 nitrogen and oxygen atoms in total. The first-order valence-corrected chi connectivity index (χ1v) is 5.28. The number of aryl methyl sites for hydroxylation is 1. The molecule has 0 bridgehead atoms. The number of hydrogen-bond donors (Lipinski definition) is 1. The molecule has 0 radical (unpaired) electrons. The van der Waals surface area contributed by atoms with E-state index < -0.39 is 11.7 Å². The first-order chi connectivity index (χ1) is 7.83. The van der Waals surface area contributed by atoms with Crippen molar-refractivity contribution in [1.82, 2.24) is 15.1 Å². The Balaban J connectivity index is 2.60. The van der Waals surface area contributed by atoms with Crippen molar-refractivity contribution in [1.29, 1.82) is 0 Å². The molecule has 1 amide bonds. The Morgan fingerprint density at radius 3 is 2.82 bits per heavy atom. The summed E-state index contributed by atoms with van der Waals surface area (Å²) in [6.45, 7) is 5.72. The molecule has 0 unspecified atom stereocenters. The van der Waals surface area contributed by atoms with Crippen molar-refractivity contribution in [2.45, 2.75) is 32.9 Å². The van der Waals surface area contributed by atoms with Gasteiger partial charge < -0.3 is 10.1 Å². The SMILES string of the molecule is C#Cc1cnn(C)c1CNC(=O)OC(C)(C)C. The van der Waals surface area contributed by atoms with Crippen molar-refractivity contribution in [3.8, 4) is 12.3 Å².